The number of thiophene rings is 1. The molecule has 156 valence electrons. The molecule has 1 atom stereocenters. The Morgan fingerprint density at radius 3 is 2.59 bits per heavy atom. The van der Waals surface area contributed by atoms with Crippen molar-refractivity contribution in [2.45, 2.75) is 58.0 Å². The monoisotopic (exact) mass is 416 g/mol. The fraction of sp³-hybridized carbons (Fsp3) is 0.524. The molecular weight excluding hydrogens is 388 g/mol. The highest BCUT2D eigenvalue weighted by atomic mass is 32.1. The summed E-state index contributed by atoms with van der Waals surface area (Å²) in [5.74, 6) is 0.0468. The van der Waals surface area contributed by atoms with Gasteiger partial charge in [0.2, 0.25) is 11.8 Å². The molecule has 2 heterocycles. The van der Waals surface area contributed by atoms with Crippen LogP contribution in [0.4, 0.5) is 0 Å². The van der Waals surface area contributed by atoms with Crippen molar-refractivity contribution in [2.24, 2.45) is 13.0 Å². The summed E-state index contributed by atoms with van der Waals surface area (Å²) in [4.78, 5) is 36.9. The van der Waals surface area contributed by atoms with Gasteiger partial charge in [-0.15, -0.1) is 11.3 Å². The van der Waals surface area contributed by atoms with E-state index in [0.717, 1.165) is 36.8 Å². The molecule has 0 spiro atoms. The number of hydrogen-bond acceptors (Lipinski definition) is 5. The molecule has 1 fully saturated rings. The van der Waals surface area contributed by atoms with Crippen molar-refractivity contribution in [1.29, 1.82) is 0 Å². The van der Waals surface area contributed by atoms with E-state index in [2.05, 4.69) is 15.7 Å². The van der Waals surface area contributed by atoms with Crippen LogP contribution in [-0.4, -0.2) is 33.4 Å². The van der Waals surface area contributed by atoms with E-state index in [1.807, 2.05) is 25.5 Å². The minimum Gasteiger partial charge on any atom is -0.353 e. The molecule has 2 aromatic rings. The van der Waals surface area contributed by atoms with Crippen LogP contribution in [0.25, 0.3) is 0 Å². The van der Waals surface area contributed by atoms with E-state index in [4.69, 9.17) is 0 Å². The average molecular weight is 417 g/mol. The Morgan fingerprint density at radius 1 is 1.28 bits per heavy atom. The van der Waals surface area contributed by atoms with Crippen molar-refractivity contribution in [3.63, 3.8) is 0 Å². The largest absolute Gasteiger partial charge is 0.353 e. The molecule has 0 saturated heterocycles. The number of carbonyl (C=O) groups excluding carboxylic acids is 3. The molecule has 1 saturated carbocycles. The molecule has 2 amide bonds. The van der Waals surface area contributed by atoms with Gasteiger partial charge in [-0.2, -0.15) is 5.10 Å². The molecule has 0 aromatic carbocycles. The van der Waals surface area contributed by atoms with Gasteiger partial charge >= 0.3 is 0 Å². The SMILES string of the molecule is CC(=O)c1cc(CC(=O)NC2CCC(C(=O)NC(C)c3cnn(C)c3)CC2)cs1. The fourth-order valence-corrected chi connectivity index (χ4v) is 4.51. The van der Waals surface area contributed by atoms with Crippen LogP contribution < -0.4 is 10.6 Å². The van der Waals surface area contributed by atoms with Gasteiger partial charge in [0.25, 0.3) is 0 Å². The van der Waals surface area contributed by atoms with Crippen molar-refractivity contribution >= 4 is 28.9 Å². The summed E-state index contributed by atoms with van der Waals surface area (Å²) < 4.78 is 1.73. The van der Waals surface area contributed by atoms with Crippen LogP contribution in [0.3, 0.4) is 0 Å². The predicted octanol–water partition coefficient (Wildman–Crippen LogP) is 2.78. The van der Waals surface area contributed by atoms with Gasteiger partial charge in [-0.1, -0.05) is 0 Å². The highest BCUT2D eigenvalue weighted by molar-refractivity contribution is 7.12. The van der Waals surface area contributed by atoms with Crippen LogP contribution in [0.15, 0.2) is 23.8 Å². The first-order chi connectivity index (χ1) is 13.8. The minimum absolute atomic E-state index is 0.0164. The molecule has 29 heavy (non-hydrogen) atoms. The van der Waals surface area contributed by atoms with E-state index >= 15 is 0 Å². The molecule has 8 heteroatoms. The summed E-state index contributed by atoms with van der Waals surface area (Å²) in [6, 6.07) is 1.82. The lowest BCUT2D eigenvalue weighted by atomic mass is 9.85. The van der Waals surface area contributed by atoms with E-state index < -0.39 is 0 Å². The van der Waals surface area contributed by atoms with E-state index in [1.54, 1.807) is 16.9 Å². The number of nitrogens with one attached hydrogen (secondary N) is 2. The second-order valence-corrected chi connectivity index (χ2v) is 8.76. The van der Waals surface area contributed by atoms with Crippen LogP contribution in [0, 0.1) is 5.92 Å². The van der Waals surface area contributed by atoms with E-state index in [0.29, 0.717) is 4.88 Å². The first kappa shape index (κ1) is 21.2. The number of Topliss-reactive ketones (excluding diaryl/α,β-unsaturated/α-hetero) is 1. The van der Waals surface area contributed by atoms with Crippen LogP contribution in [0.2, 0.25) is 0 Å². The second-order valence-electron chi connectivity index (χ2n) is 7.85. The number of ketones is 1. The molecule has 1 aliphatic rings. The molecule has 7 nitrogen and oxygen atoms in total. The lowest BCUT2D eigenvalue weighted by Crippen LogP contribution is -2.41. The lowest BCUT2D eigenvalue weighted by molar-refractivity contribution is -0.126. The van der Waals surface area contributed by atoms with E-state index in [1.165, 1.54) is 18.3 Å². The number of carbonyl (C=O) groups is 3. The van der Waals surface area contributed by atoms with Crippen LogP contribution >= 0.6 is 11.3 Å². The van der Waals surface area contributed by atoms with Crippen molar-refractivity contribution in [1.82, 2.24) is 20.4 Å². The van der Waals surface area contributed by atoms with Gasteiger partial charge in [-0.3, -0.25) is 19.1 Å². The van der Waals surface area contributed by atoms with Crippen molar-refractivity contribution in [2.75, 3.05) is 0 Å². The third-order valence-electron chi connectivity index (χ3n) is 5.41. The number of aromatic nitrogens is 2. The third-order valence-corrected chi connectivity index (χ3v) is 6.49. The summed E-state index contributed by atoms with van der Waals surface area (Å²) in [5.41, 5.74) is 1.86. The second kappa shape index (κ2) is 9.35. The number of hydrogen-bond donors (Lipinski definition) is 2. The smallest absolute Gasteiger partial charge is 0.224 e. The molecule has 2 N–H and O–H groups in total. The Morgan fingerprint density at radius 2 is 2.00 bits per heavy atom. The van der Waals surface area contributed by atoms with E-state index in [-0.39, 0.29) is 42.0 Å². The molecule has 1 aliphatic carbocycles. The molecular formula is C21H28N4O3S. The Labute approximate surface area is 174 Å². The maximum absolute atomic E-state index is 12.6. The zero-order valence-electron chi connectivity index (χ0n) is 17.1. The van der Waals surface area contributed by atoms with Gasteiger partial charge in [0, 0.05) is 30.8 Å². The van der Waals surface area contributed by atoms with E-state index in [9.17, 15) is 14.4 Å². The van der Waals surface area contributed by atoms with Crippen LogP contribution in [-0.2, 0) is 23.1 Å². The Balaban J connectivity index is 1.41. The molecule has 0 bridgehead atoms. The van der Waals surface area contributed by atoms with Crippen molar-refractivity contribution in [3.8, 4) is 0 Å². The summed E-state index contributed by atoms with van der Waals surface area (Å²) in [7, 11) is 1.86. The molecule has 0 aliphatic heterocycles. The summed E-state index contributed by atoms with van der Waals surface area (Å²) in [5, 5.41) is 12.2. The zero-order valence-corrected chi connectivity index (χ0v) is 17.9. The first-order valence-corrected chi connectivity index (χ1v) is 10.9. The number of amides is 2. The quantitative estimate of drug-likeness (QED) is 0.679. The maximum atomic E-state index is 12.6. The highest BCUT2D eigenvalue weighted by Gasteiger charge is 2.28. The maximum Gasteiger partial charge on any atom is 0.224 e. The third kappa shape index (κ3) is 5.76. The highest BCUT2D eigenvalue weighted by Crippen LogP contribution is 2.26. The Bertz CT molecular complexity index is 880. The molecule has 0 radical (unpaired) electrons. The number of rotatable bonds is 7. The fourth-order valence-electron chi connectivity index (χ4n) is 3.70. The topological polar surface area (TPSA) is 93.1 Å². The molecule has 3 rings (SSSR count). The van der Waals surface area contributed by atoms with Crippen molar-refractivity contribution < 1.29 is 14.4 Å². The van der Waals surface area contributed by atoms with Gasteiger partial charge < -0.3 is 10.6 Å². The standard InChI is InChI=1S/C21H28N4O3S/c1-13(17-10-22-25(3)11-17)23-21(28)16-4-6-18(7-5-16)24-20(27)9-15-8-19(14(2)26)29-12-15/h8,10-13,16,18H,4-7,9H2,1-3H3,(H,23,28)(H,24,27). The van der Waals surface area contributed by atoms with Gasteiger partial charge in [0.15, 0.2) is 5.78 Å². The predicted molar refractivity (Wildman–Crippen MR) is 112 cm³/mol. The number of aryl methyl sites for hydroxylation is 1. The summed E-state index contributed by atoms with van der Waals surface area (Å²) in [6.45, 7) is 3.49. The minimum atomic E-state index is -0.0702. The summed E-state index contributed by atoms with van der Waals surface area (Å²) >= 11 is 1.37. The Hall–Kier alpha value is -2.48. The Kier molecular flexibility index (Phi) is 6.84. The molecule has 1 unspecified atom stereocenters. The van der Waals surface area contributed by atoms with Gasteiger partial charge in [-0.25, -0.2) is 0 Å². The van der Waals surface area contributed by atoms with Crippen molar-refractivity contribution in [3.05, 3.63) is 39.8 Å². The van der Waals surface area contributed by atoms with Gasteiger partial charge in [-0.05, 0) is 56.5 Å². The lowest BCUT2D eigenvalue weighted by Gasteiger charge is -2.29. The zero-order chi connectivity index (χ0) is 21.0. The first-order valence-electron chi connectivity index (χ1n) is 9.98. The number of nitrogens with zero attached hydrogens (tertiary/aromatic N) is 2. The van der Waals surface area contributed by atoms with Crippen LogP contribution in [0.5, 0.6) is 0 Å². The van der Waals surface area contributed by atoms with Gasteiger partial charge in [0.1, 0.15) is 0 Å². The normalized spacial score (nSPS) is 20.1. The molecule has 2 aromatic heterocycles. The summed E-state index contributed by atoms with van der Waals surface area (Å²) in [6.07, 6.45) is 7.09. The average Bonchev–Trinajstić information content (AvgIpc) is 3.31. The van der Waals surface area contributed by atoms with Gasteiger partial charge in [0.05, 0.1) is 23.5 Å². The van der Waals surface area contributed by atoms with Crippen LogP contribution in [0.1, 0.15) is 66.4 Å².